The third kappa shape index (κ3) is 4.21. The first-order valence-electron chi connectivity index (χ1n) is 7.52. The summed E-state index contributed by atoms with van der Waals surface area (Å²) >= 11 is 0. The normalized spacial score (nSPS) is 12.4. The monoisotopic (exact) mass is 300 g/mol. The Labute approximate surface area is 132 Å². The highest BCUT2D eigenvalue weighted by Crippen LogP contribution is 2.18. The largest absolute Gasteiger partial charge is 0.465 e. The first-order valence-corrected chi connectivity index (χ1v) is 7.52. The molecule has 0 bridgehead atoms. The molecule has 1 aromatic carbocycles. The molecule has 0 N–H and O–H groups in total. The number of rotatable bonds is 6. The summed E-state index contributed by atoms with van der Waals surface area (Å²) in [5.74, 6) is 1.87. The minimum absolute atomic E-state index is 0.0629. The third-order valence-corrected chi connectivity index (χ3v) is 3.88. The number of hydrogen-bond donors (Lipinski definition) is 0. The average Bonchev–Trinajstić information content (AvgIpc) is 2.91. The molecule has 1 amide bonds. The van der Waals surface area contributed by atoms with E-state index in [2.05, 4.69) is 0 Å². The van der Waals surface area contributed by atoms with Crippen LogP contribution in [0, 0.1) is 6.92 Å². The van der Waals surface area contributed by atoms with Crippen LogP contribution in [0.2, 0.25) is 0 Å². The van der Waals surface area contributed by atoms with Gasteiger partial charge in [0, 0.05) is 7.05 Å². The maximum Gasteiger partial charge on any atom is 0.236 e. The van der Waals surface area contributed by atoms with Crippen LogP contribution in [0.25, 0.3) is 0 Å². The Morgan fingerprint density at radius 1 is 1.14 bits per heavy atom. The van der Waals surface area contributed by atoms with Gasteiger partial charge in [0.25, 0.3) is 0 Å². The van der Waals surface area contributed by atoms with Crippen LogP contribution in [0.5, 0.6) is 0 Å². The van der Waals surface area contributed by atoms with Gasteiger partial charge in [-0.3, -0.25) is 9.69 Å². The SMILES string of the molecule is Cc1ccc(CN(C)CC(=O)N(C)C(C)c2ccccc2)o1. The van der Waals surface area contributed by atoms with Crippen LogP contribution in [-0.2, 0) is 11.3 Å². The van der Waals surface area contributed by atoms with Crippen LogP contribution >= 0.6 is 0 Å². The predicted molar refractivity (Wildman–Crippen MR) is 87.4 cm³/mol. The molecule has 1 aromatic heterocycles. The fourth-order valence-electron chi connectivity index (χ4n) is 2.41. The minimum atomic E-state index is 0.0629. The van der Waals surface area contributed by atoms with E-state index >= 15 is 0 Å². The fourth-order valence-corrected chi connectivity index (χ4v) is 2.41. The van der Waals surface area contributed by atoms with Gasteiger partial charge in [-0.2, -0.15) is 0 Å². The molecular weight excluding hydrogens is 276 g/mol. The topological polar surface area (TPSA) is 36.7 Å². The van der Waals surface area contributed by atoms with E-state index in [0.29, 0.717) is 13.1 Å². The van der Waals surface area contributed by atoms with Gasteiger partial charge in [-0.05, 0) is 38.6 Å². The van der Waals surface area contributed by atoms with E-state index in [9.17, 15) is 4.79 Å². The average molecular weight is 300 g/mol. The van der Waals surface area contributed by atoms with E-state index in [1.165, 1.54) is 0 Å². The lowest BCUT2D eigenvalue weighted by Gasteiger charge is -2.27. The van der Waals surface area contributed by atoms with Gasteiger partial charge >= 0.3 is 0 Å². The Bertz CT molecular complexity index is 607. The molecular formula is C18H24N2O2. The number of likely N-dealkylation sites (N-methyl/N-ethyl adjacent to an activating group) is 2. The first-order chi connectivity index (χ1) is 10.5. The van der Waals surface area contributed by atoms with E-state index in [1.54, 1.807) is 4.90 Å². The molecule has 2 aromatic rings. The highest BCUT2D eigenvalue weighted by atomic mass is 16.3. The van der Waals surface area contributed by atoms with Crippen molar-refractivity contribution in [3.05, 3.63) is 59.5 Å². The molecule has 22 heavy (non-hydrogen) atoms. The van der Waals surface area contributed by atoms with Crippen molar-refractivity contribution in [1.82, 2.24) is 9.80 Å². The fraction of sp³-hybridized carbons (Fsp3) is 0.389. The molecule has 1 heterocycles. The maximum absolute atomic E-state index is 12.4. The van der Waals surface area contributed by atoms with Crippen LogP contribution in [-0.4, -0.2) is 36.3 Å². The molecule has 0 aliphatic rings. The van der Waals surface area contributed by atoms with Gasteiger partial charge in [-0.15, -0.1) is 0 Å². The van der Waals surface area contributed by atoms with Crippen LogP contribution in [0.4, 0.5) is 0 Å². The van der Waals surface area contributed by atoms with Crippen molar-refractivity contribution in [1.29, 1.82) is 0 Å². The van der Waals surface area contributed by atoms with Gasteiger partial charge in [0.1, 0.15) is 11.5 Å². The van der Waals surface area contributed by atoms with Gasteiger partial charge in [-0.25, -0.2) is 0 Å². The Morgan fingerprint density at radius 3 is 2.41 bits per heavy atom. The quantitative estimate of drug-likeness (QED) is 0.822. The highest BCUT2D eigenvalue weighted by Gasteiger charge is 2.18. The van der Waals surface area contributed by atoms with Crippen LogP contribution in [0.1, 0.15) is 30.0 Å². The highest BCUT2D eigenvalue weighted by molar-refractivity contribution is 5.78. The number of amides is 1. The second kappa shape index (κ2) is 7.27. The third-order valence-electron chi connectivity index (χ3n) is 3.88. The predicted octanol–water partition coefficient (Wildman–Crippen LogP) is 3.24. The van der Waals surface area contributed by atoms with Crippen molar-refractivity contribution < 1.29 is 9.21 Å². The molecule has 0 saturated heterocycles. The van der Waals surface area contributed by atoms with Gasteiger partial charge in [0.2, 0.25) is 5.91 Å². The van der Waals surface area contributed by atoms with E-state index in [4.69, 9.17) is 4.42 Å². The van der Waals surface area contributed by atoms with Crippen LogP contribution < -0.4 is 0 Å². The van der Waals surface area contributed by atoms with E-state index in [0.717, 1.165) is 17.1 Å². The van der Waals surface area contributed by atoms with Gasteiger partial charge in [-0.1, -0.05) is 30.3 Å². The van der Waals surface area contributed by atoms with Gasteiger partial charge in [0.05, 0.1) is 19.1 Å². The molecule has 1 atom stereocenters. The molecule has 0 fully saturated rings. The van der Waals surface area contributed by atoms with E-state index in [1.807, 2.05) is 75.3 Å². The zero-order chi connectivity index (χ0) is 16.1. The molecule has 1 unspecified atom stereocenters. The molecule has 4 heteroatoms. The zero-order valence-electron chi connectivity index (χ0n) is 13.7. The van der Waals surface area contributed by atoms with Crippen molar-refractivity contribution in [2.24, 2.45) is 0 Å². The Hall–Kier alpha value is -2.07. The second-order valence-corrected chi connectivity index (χ2v) is 5.78. The first kappa shape index (κ1) is 16.3. The Balaban J connectivity index is 1.90. The number of benzene rings is 1. The summed E-state index contributed by atoms with van der Waals surface area (Å²) in [7, 11) is 3.78. The molecule has 4 nitrogen and oxygen atoms in total. The molecule has 0 aliphatic heterocycles. The summed E-state index contributed by atoms with van der Waals surface area (Å²) in [4.78, 5) is 16.2. The Kier molecular flexibility index (Phi) is 5.39. The van der Waals surface area contributed by atoms with Crippen LogP contribution in [0.3, 0.4) is 0 Å². The molecule has 0 saturated carbocycles. The van der Waals surface area contributed by atoms with Gasteiger partial charge < -0.3 is 9.32 Å². The van der Waals surface area contributed by atoms with Crippen molar-refractivity contribution >= 4 is 5.91 Å². The van der Waals surface area contributed by atoms with E-state index < -0.39 is 0 Å². The summed E-state index contributed by atoms with van der Waals surface area (Å²) in [6, 6.07) is 14.0. The second-order valence-electron chi connectivity index (χ2n) is 5.78. The molecule has 2 rings (SSSR count). The smallest absolute Gasteiger partial charge is 0.236 e. The lowest BCUT2D eigenvalue weighted by Crippen LogP contribution is -2.37. The molecule has 0 aliphatic carbocycles. The summed E-state index contributed by atoms with van der Waals surface area (Å²) in [5, 5.41) is 0. The minimum Gasteiger partial charge on any atom is -0.465 e. The lowest BCUT2D eigenvalue weighted by atomic mass is 10.1. The standard InChI is InChI=1S/C18H24N2O2/c1-14-10-11-17(22-14)12-19(3)13-18(21)20(4)15(2)16-8-6-5-7-9-16/h5-11,15H,12-13H2,1-4H3. The summed E-state index contributed by atoms with van der Waals surface area (Å²) in [6.45, 7) is 4.97. The molecule has 0 radical (unpaired) electrons. The van der Waals surface area contributed by atoms with Crippen molar-refractivity contribution in [2.75, 3.05) is 20.6 Å². The molecule has 0 spiro atoms. The summed E-state index contributed by atoms with van der Waals surface area (Å²) < 4.78 is 5.55. The lowest BCUT2D eigenvalue weighted by molar-refractivity contribution is -0.132. The van der Waals surface area contributed by atoms with Gasteiger partial charge in [0.15, 0.2) is 0 Å². The summed E-state index contributed by atoms with van der Waals surface area (Å²) in [6.07, 6.45) is 0. The Morgan fingerprint density at radius 2 is 1.82 bits per heavy atom. The number of aryl methyl sites for hydroxylation is 1. The maximum atomic E-state index is 12.4. The number of furan rings is 1. The van der Waals surface area contributed by atoms with E-state index in [-0.39, 0.29) is 11.9 Å². The number of nitrogens with zero attached hydrogens (tertiary/aromatic N) is 2. The number of carbonyl (C=O) groups excluding carboxylic acids is 1. The number of hydrogen-bond acceptors (Lipinski definition) is 3. The van der Waals surface area contributed by atoms with Crippen LogP contribution in [0.15, 0.2) is 46.9 Å². The number of carbonyl (C=O) groups is 1. The van der Waals surface area contributed by atoms with Crippen molar-refractivity contribution in [2.45, 2.75) is 26.4 Å². The van der Waals surface area contributed by atoms with Crippen molar-refractivity contribution in [3.63, 3.8) is 0 Å². The summed E-state index contributed by atoms with van der Waals surface area (Å²) in [5.41, 5.74) is 1.14. The zero-order valence-corrected chi connectivity index (χ0v) is 13.7. The van der Waals surface area contributed by atoms with Crippen molar-refractivity contribution in [3.8, 4) is 0 Å². The molecule has 118 valence electrons.